The first-order chi connectivity index (χ1) is 14.3. The molecule has 3 rings (SSSR count). The minimum absolute atomic E-state index is 0.0393. The van der Waals surface area contributed by atoms with Crippen LogP contribution in [0.5, 0.6) is 0 Å². The number of carbonyl (C=O) groups is 2. The molecule has 166 valence electrons. The smallest absolute Gasteiger partial charge is 0.236 e. The summed E-state index contributed by atoms with van der Waals surface area (Å²) in [6.07, 6.45) is 4.18. The Morgan fingerprint density at radius 2 is 1.93 bits per heavy atom. The SMILES string of the molecule is CCN(CC)C(=O)CN1CCCC1c1nc(C)c2c(n1)N(CCC(C)C)C(=O)CC2. The maximum atomic E-state index is 12.7. The van der Waals surface area contributed by atoms with E-state index in [4.69, 9.17) is 9.97 Å². The molecule has 1 aromatic heterocycles. The van der Waals surface area contributed by atoms with Crippen LogP contribution in [-0.4, -0.2) is 64.3 Å². The van der Waals surface area contributed by atoms with Crippen LogP contribution in [0.1, 0.15) is 76.5 Å². The topological polar surface area (TPSA) is 69.6 Å². The Morgan fingerprint density at radius 1 is 1.20 bits per heavy atom. The fourth-order valence-electron chi connectivity index (χ4n) is 4.53. The quantitative estimate of drug-likeness (QED) is 0.652. The number of nitrogens with zero attached hydrogens (tertiary/aromatic N) is 5. The second-order valence-electron chi connectivity index (χ2n) is 8.89. The van der Waals surface area contributed by atoms with E-state index in [1.54, 1.807) is 0 Å². The normalized spacial score (nSPS) is 19.5. The van der Waals surface area contributed by atoms with Crippen LogP contribution in [0.15, 0.2) is 0 Å². The van der Waals surface area contributed by atoms with Crippen LogP contribution >= 0.6 is 0 Å². The van der Waals surface area contributed by atoms with E-state index in [1.807, 2.05) is 30.6 Å². The fourth-order valence-corrected chi connectivity index (χ4v) is 4.53. The van der Waals surface area contributed by atoms with Gasteiger partial charge < -0.3 is 4.90 Å². The highest BCUT2D eigenvalue weighted by Gasteiger charge is 2.34. The molecule has 30 heavy (non-hydrogen) atoms. The van der Waals surface area contributed by atoms with E-state index in [0.29, 0.717) is 31.8 Å². The van der Waals surface area contributed by atoms with E-state index < -0.39 is 0 Å². The van der Waals surface area contributed by atoms with E-state index in [9.17, 15) is 9.59 Å². The molecule has 0 saturated carbocycles. The van der Waals surface area contributed by atoms with Crippen molar-refractivity contribution in [3.8, 4) is 0 Å². The third kappa shape index (κ3) is 4.82. The van der Waals surface area contributed by atoms with Crippen molar-refractivity contribution in [2.45, 2.75) is 72.8 Å². The highest BCUT2D eigenvalue weighted by molar-refractivity contribution is 5.95. The zero-order chi connectivity index (χ0) is 21.8. The van der Waals surface area contributed by atoms with Crippen molar-refractivity contribution < 1.29 is 9.59 Å². The zero-order valence-corrected chi connectivity index (χ0v) is 19.3. The average molecular weight is 416 g/mol. The molecular formula is C23H37N5O2. The maximum absolute atomic E-state index is 12.7. The monoisotopic (exact) mass is 415 g/mol. The first kappa shape index (κ1) is 22.7. The second kappa shape index (κ2) is 9.86. The van der Waals surface area contributed by atoms with Gasteiger partial charge in [0.25, 0.3) is 0 Å². The van der Waals surface area contributed by atoms with Crippen LogP contribution in [0.2, 0.25) is 0 Å². The molecule has 2 amide bonds. The van der Waals surface area contributed by atoms with Crippen molar-refractivity contribution in [1.82, 2.24) is 19.8 Å². The van der Waals surface area contributed by atoms with Crippen molar-refractivity contribution in [3.63, 3.8) is 0 Å². The minimum Gasteiger partial charge on any atom is -0.342 e. The molecule has 1 saturated heterocycles. The molecule has 0 N–H and O–H groups in total. The number of anilines is 1. The highest BCUT2D eigenvalue weighted by Crippen LogP contribution is 2.34. The highest BCUT2D eigenvalue weighted by atomic mass is 16.2. The summed E-state index contributed by atoms with van der Waals surface area (Å²) in [6.45, 7) is 13.9. The Hall–Kier alpha value is -2.02. The molecule has 0 spiro atoms. The van der Waals surface area contributed by atoms with Gasteiger partial charge >= 0.3 is 0 Å². The summed E-state index contributed by atoms with van der Waals surface area (Å²) >= 11 is 0. The van der Waals surface area contributed by atoms with E-state index in [2.05, 4.69) is 18.7 Å². The van der Waals surface area contributed by atoms with Crippen molar-refractivity contribution in [2.24, 2.45) is 5.92 Å². The standard InChI is InChI=1S/C23H37N5O2/c1-6-26(7-2)21(30)15-27-13-8-9-19(27)22-24-17(5)18-10-11-20(29)28(23(18)25-22)14-12-16(3)4/h16,19H,6-15H2,1-5H3. The Morgan fingerprint density at radius 3 is 2.60 bits per heavy atom. The van der Waals surface area contributed by atoms with Crippen LogP contribution in [0.3, 0.4) is 0 Å². The van der Waals surface area contributed by atoms with Crippen molar-refractivity contribution in [2.75, 3.05) is 37.6 Å². The van der Waals surface area contributed by atoms with Crippen LogP contribution in [0, 0.1) is 12.8 Å². The van der Waals surface area contributed by atoms with Gasteiger partial charge in [-0.1, -0.05) is 13.8 Å². The van der Waals surface area contributed by atoms with Gasteiger partial charge in [-0.15, -0.1) is 0 Å². The molecule has 0 aliphatic carbocycles. The molecule has 1 fully saturated rings. The predicted octanol–water partition coefficient (Wildman–Crippen LogP) is 3.12. The van der Waals surface area contributed by atoms with Gasteiger partial charge in [0.2, 0.25) is 11.8 Å². The molecule has 0 aromatic carbocycles. The molecule has 1 aromatic rings. The number of hydrogen-bond acceptors (Lipinski definition) is 5. The molecule has 7 nitrogen and oxygen atoms in total. The molecule has 1 atom stereocenters. The summed E-state index contributed by atoms with van der Waals surface area (Å²) in [6, 6.07) is 0.0393. The number of hydrogen-bond donors (Lipinski definition) is 0. The maximum Gasteiger partial charge on any atom is 0.236 e. The van der Waals surface area contributed by atoms with Crippen LogP contribution in [0.4, 0.5) is 5.82 Å². The Labute approximate surface area is 180 Å². The van der Waals surface area contributed by atoms with Crippen LogP contribution < -0.4 is 4.90 Å². The Balaban J connectivity index is 1.86. The summed E-state index contributed by atoms with van der Waals surface area (Å²) in [5, 5.41) is 0. The van der Waals surface area contributed by atoms with Crippen LogP contribution in [-0.2, 0) is 16.0 Å². The number of aromatic nitrogens is 2. The molecule has 0 bridgehead atoms. The van der Waals surface area contributed by atoms with Gasteiger partial charge in [-0.25, -0.2) is 9.97 Å². The van der Waals surface area contributed by atoms with Gasteiger partial charge in [0.05, 0.1) is 12.6 Å². The third-order valence-electron chi connectivity index (χ3n) is 6.40. The minimum atomic E-state index is 0.0393. The van der Waals surface area contributed by atoms with Gasteiger partial charge in [0.15, 0.2) is 0 Å². The third-order valence-corrected chi connectivity index (χ3v) is 6.40. The number of aryl methyl sites for hydroxylation is 1. The van der Waals surface area contributed by atoms with Gasteiger partial charge in [0.1, 0.15) is 11.6 Å². The molecular weight excluding hydrogens is 378 g/mol. The molecule has 0 radical (unpaired) electrons. The molecule has 7 heteroatoms. The first-order valence-corrected chi connectivity index (χ1v) is 11.5. The van der Waals surface area contributed by atoms with E-state index in [-0.39, 0.29) is 17.9 Å². The number of amides is 2. The summed E-state index contributed by atoms with van der Waals surface area (Å²) < 4.78 is 0. The number of fused-ring (bicyclic) bond motifs is 1. The number of carbonyl (C=O) groups excluding carboxylic acids is 2. The van der Waals surface area contributed by atoms with E-state index in [1.165, 1.54) is 0 Å². The van der Waals surface area contributed by atoms with Crippen molar-refractivity contribution in [1.29, 1.82) is 0 Å². The largest absolute Gasteiger partial charge is 0.342 e. The number of rotatable bonds is 8. The van der Waals surface area contributed by atoms with E-state index in [0.717, 1.165) is 61.8 Å². The average Bonchev–Trinajstić information content (AvgIpc) is 3.15. The van der Waals surface area contributed by atoms with E-state index >= 15 is 0 Å². The lowest BCUT2D eigenvalue weighted by Gasteiger charge is -2.31. The number of likely N-dealkylation sites (tertiary alicyclic amines) is 1. The Bertz CT molecular complexity index is 775. The van der Waals surface area contributed by atoms with Crippen molar-refractivity contribution in [3.05, 3.63) is 17.1 Å². The summed E-state index contributed by atoms with van der Waals surface area (Å²) in [5.74, 6) is 2.42. The number of likely N-dealkylation sites (N-methyl/N-ethyl adjacent to an activating group) is 1. The zero-order valence-electron chi connectivity index (χ0n) is 19.3. The fraction of sp³-hybridized carbons (Fsp3) is 0.739. The lowest BCUT2D eigenvalue weighted by molar-refractivity contribution is -0.132. The molecule has 2 aliphatic rings. The van der Waals surface area contributed by atoms with Gasteiger partial charge in [-0.05, 0) is 58.9 Å². The lowest BCUT2D eigenvalue weighted by atomic mass is 10.0. The van der Waals surface area contributed by atoms with Crippen molar-refractivity contribution >= 4 is 17.6 Å². The first-order valence-electron chi connectivity index (χ1n) is 11.5. The molecule has 3 heterocycles. The summed E-state index contributed by atoms with van der Waals surface area (Å²) in [7, 11) is 0. The van der Waals surface area contributed by atoms with Gasteiger partial charge in [-0.3, -0.25) is 19.4 Å². The summed E-state index contributed by atoms with van der Waals surface area (Å²) in [4.78, 5) is 41.1. The predicted molar refractivity (Wildman–Crippen MR) is 118 cm³/mol. The second-order valence-corrected chi connectivity index (χ2v) is 8.89. The van der Waals surface area contributed by atoms with Crippen LogP contribution in [0.25, 0.3) is 0 Å². The Kier molecular flexibility index (Phi) is 7.45. The molecule has 1 unspecified atom stereocenters. The van der Waals surface area contributed by atoms with Gasteiger partial charge in [-0.2, -0.15) is 0 Å². The lowest BCUT2D eigenvalue weighted by Crippen LogP contribution is -2.41. The summed E-state index contributed by atoms with van der Waals surface area (Å²) in [5.41, 5.74) is 2.07. The molecule has 2 aliphatic heterocycles. The van der Waals surface area contributed by atoms with Gasteiger partial charge in [0, 0.05) is 37.3 Å².